The van der Waals surface area contributed by atoms with Crippen molar-refractivity contribution in [2.75, 3.05) is 112 Å². The van der Waals surface area contributed by atoms with Crippen LogP contribution in [-0.4, -0.2) is 118 Å². The molecule has 0 spiro atoms. The van der Waals surface area contributed by atoms with Crippen LogP contribution in [0.4, 0.5) is 0 Å². The van der Waals surface area contributed by atoms with Gasteiger partial charge in [0.25, 0.3) is 0 Å². The van der Waals surface area contributed by atoms with Crippen molar-refractivity contribution in [3.63, 3.8) is 0 Å². The molecule has 0 aliphatic heterocycles. The maximum absolute atomic E-state index is 10.9. The quantitative estimate of drug-likeness (QED) is 0.0447. The third-order valence-electron chi connectivity index (χ3n) is 5.64. The monoisotopic (exact) mass is 590 g/mol. The third kappa shape index (κ3) is 36.6. The maximum Gasteiger partial charge on any atom is 0.330 e. The van der Waals surface area contributed by atoms with Crippen LogP contribution in [0.2, 0.25) is 0 Å². The second-order valence-corrected chi connectivity index (χ2v) is 9.18. The predicted molar refractivity (Wildman–Crippen MR) is 159 cm³/mol. The summed E-state index contributed by atoms with van der Waals surface area (Å²) in [7, 11) is 0. The Morgan fingerprint density at radius 2 is 0.707 bits per heavy atom. The molecule has 0 amide bonds. The SMILES string of the molecule is C=CCCCCCCCCCOCCOCCOCCOCCOCCOCCOCCOCCCOC(=O)C=C. The van der Waals surface area contributed by atoms with Crippen LogP contribution in [0.15, 0.2) is 25.3 Å². The van der Waals surface area contributed by atoms with Gasteiger partial charge >= 0.3 is 5.97 Å². The van der Waals surface area contributed by atoms with E-state index < -0.39 is 5.97 Å². The molecular weight excluding hydrogens is 532 g/mol. The van der Waals surface area contributed by atoms with E-state index in [0.29, 0.717) is 112 Å². The van der Waals surface area contributed by atoms with Gasteiger partial charge in [0.05, 0.1) is 99.1 Å². The Morgan fingerprint density at radius 3 is 1.07 bits per heavy atom. The van der Waals surface area contributed by atoms with E-state index in [1.807, 2.05) is 6.08 Å². The highest BCUT2D eigenvalue weighted by Gasteiger charge is 1.97. The lowest BCUT2D eigenvalue weighted by Gasteiger charge is -2.09. The Kier molecular flexibility index (Phi) is 35.4. The summed E-state index contributed by atoms with van der Waals surface area (Å²) in [5.74, 6) is -0.416. The van der Waals surface area contributed by atoms with Crippen molar-refractivity contribution in [3.8, 4) is 0 Å². The van der Waals surface area contributed by atoms with E-state index in [1.54, 1.807) is 0 Å². The van der Waals surface area contributed by atoms with E-state index in [0.717, 1.165) is 25.5 Å². The lowest BCUT2D eigenvalue weighted by Crippen LogP contribution is -2.15. The molecule has 0 heterocycles. The Hall–Kier alpha value is -1.37. The number of hydrogen-bond acceptors (Lipinski definition) is 10. The summed E-state index contributed by atoms with van der Waals surface area (Å²) in [5, 5.41) is 0. The smallest absolute Gasteiger partial charge is 0.330 e. The molecule has 41 heavy (non-hydrogen) atoms. The summed E-state index contributed by atoms with van der Waals surface area (Å²) < 4.78 is 48.7. The fraction of sp³-hybridized carbons (Fsp3) is 0.839. The van der Waals surface area contributed by atoms with Crippen LogP contribution in [0.1, 0.15) is 57.8 Å². The average Bonchev–Trinajstić information content (AvgIpc) is 2.99. The molecule has 0 bridgehead atoms. The van der Waals surface area contributed by atoms with Gasteiger partial charge in [-0.2, -0.15) is 0 Å². The molecule has 0 aromatic carbocycles. The van der Waals surface area contributed by atoms with Crippen molar-refractivity contribution in [1.82, 2.24) is 0 Å². The number of ether oxygens (including phenoxy) is 9. The lowest BCUT2D eigenvalue weighted by atomic mass is 10.1. The summed E-state index contributed by atoms with van der Waals surface area (Å²) in [6, 6.07) is 0. The summed E-state index contributed by atoms with van der Waals surface area (Å²) in [6.07, 6.45) is 13.9. The third-order valence-corrected chi connectivity index (χ3v) is 5.64. The second kappa shape index (κ2) is 36.7. The minimum atomic E-state index is -0.416. The molecule has 0 aliphatic carbocycles. The van der Waals surface area contributed by atoms with E-state index in [1.165, 1.54) is 38.5 Å². The number of hydrogen-bond donors (Lipinski definition) is 0. The van der Waals surface area contributed by atoms with E-state index >= 15 is 0 Å². The van der Waals surface area contributed by atoms with Crippen LogP contribution in [0.25, 0.3) is 0 Å². The van der Waals surface area contributed by atoms with Crippen LogP contribution >= 0.6 is 0 Å². The highest BCUT2D eigenvalue weighted by molar-refractivity contribution is 5.81. The highest BCUT2D eigenvalue weighted by atomic mass is 16.6. The Labute approximate surface area is 248 Å². The van der Waals surface area contributed by atoms with Crippen molar-refractivity contribution >= 4 is 5.97 Å². The summed E-state index contributed by atoms with van der Waals surface area (Å²) in [6.45, 7) is 16.2. The highest BCUT2D eigenvalue weighted by Crippen LogP contribution is 2.08. The molecule has 0 fully saturated rings. The minimum absolute atomic E-state index is 0.327. The zero-order valence-electron chi connectivity index (χ0n) is 25.5. The number of rotatable bonds is 36. The first-order chi connectivity index (χ1) is 20.3. The van der Waals surface area contributed by atoms with Gasteiger partial charge in [0.2, 0.25) is 0 Å². The molecule has 10 heteroatoms. The largest absolute Gasteiger partial charge is 0.462 e. The Bertz CT molecular complexity index is 547. The van der Waals surface area contributed by atoms with Gasteiger partial charge in [0.1, 0.15) is 0 Å². The van der Waals surface area contributed by atoms with Gasteiger partial charge < -0.3 is 42.6 Å². The summed E-state index contributed by atoms with van der Waals surface area (Å²) >= 11 is 0. The van der Waals surface area contributed by atoms with Crippen LogP contribution in [-0.2, 0) is 47.4 Å². The zero-order valence-corrected chi connectivity index (χ0v) is 25.5. The fourth-order valence-corrected chi connectivity index (χ4v) is 3.41. The predicted octanol–water partition coefficient (Wildman–Crippen LogP) is 4.55. The molecule has 242 valence electrons. The molecule has 10 nitrogen and oxygen atoms in total. The van der Waals surface area contributed by atoms with Gasteiger partial charge in [0.15, 0.2) is 0 Å². The molecule has 0 radical (unpaired) electrons. The number of carbonyl (C=O) groups excluding carboxylic acids is 1. The first kappa shape index (κ1) is 39.6. The Morgan fingerprint density at radius 1 is 0.390 bits per heavy atom. The first-order valence-corrected chi connectivity index (χ1v) is 15.3. The molecule has 0 unspecified atom stereocenters. The van der Waals surface area contributed by atoms with Gasteiger partial charge in [0, 0.05) is 25.7 Å². The molecule has 0 aromatic heterocycles. The number of allylic oxidation sites excluding steroid dienone is 1. The number of esters is 1. The van der Waals surface area contributed by atoms with Crippen LogP contribution in [0.3, 0.4) is 0 Å². The first-order valence-electron chi connectivity index (χ1n) is 15.3. The number of unbranched alkanes of at least 4 members (excludes halogenated alkanes) is 7. The molecule has 0 rings (SSSR count). The van der Waals surface area contributed by atoms with Gasteiger partial charge in [-0.3, -0.25) is 0 Å². The fourth-order valence-electron chi connectivity index (χ4n) is 3.41. The summed E-state index contributed by atoms with van der Waals surface area (Å²) in [4.78, 5) is 10.9. The van der Waals surface area contributed by atoms with E-state index in [9.17, 15) is 4.79 Å². The molecule has 0 aromatic rings. The lowest BCUT2D eigenvalue weighted by molar-refractivity contribution is -0.138. The van der Waals surface area contributed by atoms with Gasteiger partial charge in [-0.15, -0.1) is 6.58 Å². The van der Waals surface area contributed by atoms with Crippen molar-refractivity contribution in [2.24, 2.45) is 0 Å². The van der Waals surface area contributed by atoms with E-state index in [4.69, 9.17) is 42.6 Å². The van der Waals surface area contributed by atoms with E-state index in [-0.39, 0.29) is 0 Å². The van der Waals surface area contributed by atoms with Crippen LogP contribution in [0.5, 0.6) is 0 Å². The standard InChI is InChI=1S/C31H58O10/c1-3-5-6-7-8-9-10-11-12-14-33-17-19-35-21-23-37-25-27-39-29-30-40-28-26-38-24-22-36-20-18-34-15-13-16-41-31(32)4-2/h3-4H,1-2,5-30H2. The topological polar surface area (TPSA) is 100 Å². The molecule has 0 saturated heterocycles. The van der Waals surface area contributed by atoms with Gasteiger partial charge in [-0.25, -0.2) is 4.79 Å². The molecule has 0 N–H and O–H groups in total. The van der Waals surface area contributed by atoms with Gasteiger partial charge in [-0.05, 0) is 19.3 Å². The van der Waals surface area contributed by atoms with Crippen LogP contribution < -0.4 is 0 Å². The normalized spacial score (nSPS) is 11.1. The molecule has 0 aliphatic rings. The van der Waals surface area contributed by atoms with Crippen LogP contribution in [0, 0.1) is 0 Å². The van der Waals surface area contributed by atoms with Crippen molar-refractivity contribution in [2.45, 2.75) is 57.8 Å². The number of carbonyl (C=O) groups is 1. The molecule has 0 saturated carbocycles. The van der Waals surface area contributed by atoms with Crippen molar-refractivity contribution < 1.29 is 47.4 Å². The van der Waals surface area contributed by atoms with Gasteiger partial charge in [-0.1, -0.05) is 44.8 Å². The molecular formula is C31H58O10. The van der Waals surface area contributed by atoms with Crippen molar-refractivity contribution in [3.05, 3.63) is 25.3 Å². The minimum Gasteiger partial charge on any atom is -0.462 e. The van der Waals surface area contributed by atoms with Crippen molar-refractivity contribution in [1.29, 1.82) is 0 Å². The summed E-state index contributed by atoms with van der Waals surface area (Å²) in [5.41, 5.74) is 0. The van der Waals surface area contributed by atoms with E-state index in [2.05, 4.69) is 13.2 Å². The molecule has 0 atom stereocenters. The second-order valence-electron chi connectivity index (χ2n) is 9.18. The maximum atomic E-state index is 10.9. The average molecular weight is 591 g/mol. The zero-order chi connectivity index (χ0) is 29.7. The Balaban J connectivity index is 3.04.